The lowest BCUT2D eigenvalue weighted by Gasteiger charge is -2.11. The van der Waals surface area contributed by atoms with Gasteiger partial charge in [-0.3, -0.25) is 0 Å². The molecule has 1 aromatic heterocycles. The van der Waals surface area contributed by atoms with Crippen LogP contribution < -0.4 is 19.5 Å². The minimum absolute atomic E-state index is 0.0669. The summed E-state index contributed by atoms with van der Waals surface area (Å²) in [4.78, 5) is 4.36. The van der Waals surface area contributed by atoms with E-state index in [2.05, 4.69) is 19.8 Å². The first kappa shape index (κ1) is 18.3. The van der Waals surface area contributed by atoms with Gasteiger partial charge in [-0.05, 0) is 24.3 Å². The molecule has 0 radical (unpaired) electrons. The van der Waals surface area contributed by atoms with Crippen LogP contribution in [0.5, 0.6) is 17.2 Å². The average molecular weight is 405 g/mol. The molecule has 5 nitrogen and oxygen atoms in total. The summed E-state index contributed by atoms with van der Waals surface area (Å²) in [5, 5.41) is 3.47. The van der Waals surface area contributed by atoms with Crippen molar-refractivity contribution in [3.8, 4) is 28.4 Å². The maximum atomic E-state index is 13.2. The summed E-state index contributed by atoms with van der Waals surface area (Å²) < 4.78 is 40.6. The number of nitrogens with zero attached hydrogens (tertiary/aromatic N) is 1. The van der Waals surface area contributed by atoms with E-state index >= 15 is 0 Å². The number of nitrogens with one attached hydrogen (secondary N) is 1. The van der Waals surface area contributed by atoms with Gasteiger partial charge >= 0.3 is 6.29 Å². The van der Waals surface area contributed by atoms with E-state index in [1.165, 1.54) is 12.1 Å². The number of rotatable bonds is 5. The molecule has 1 aliphatic heterocycles. The molecular weight excluding hydrogens is 390 g/mol. The van der Waals surface area contributed by atoms with Gasteiger partial charge in [0.05, 0.1) is 12.1 Å². The quantitative estimate of drug-likeness (QED) is 0.621. The molecule has 0 saturated carbocycles. The monoisotopic (exact) mass is 404 g/mol. The largest absolute Gasteiger partial charge is 0.586 e. The maximum Gasteiger partial charge on any atom is 0.586 e. The fraction of sp³-hybridized carbons (Fsp3) is 0.150. The van der Waals surface area contributed by atoms with Crippen LogP contribution in [0.2, 0.25) is 5.02 Å². The molecule has 0 unspecified atom stereocenters. The van der Waals surface area contributed by atoms with Crippen LogP contribution in [-0.4, -0.2) is 18.4 Å². The van der Waals surface area contributed by atoms with Crippen LogP contribution in [-0.2, 0) is 6.54 Å². The highest BCUT2D eigenvalue weighted by atomic mass is 35.5. The normalized spacial score (nSPS) is 14.0. The van der Waals surface area contributed by atoms with Crippen molar-refractivity contribution in [2.24, 2.45) is 0 Å². The van der Waals surface area contributed by atoms with Crippen molar-refractivity contribution in [2.45, 2.75) is 12.8 Å². The van der Waals surface area contributed by atoms with Crippen LogP contribution in [0.3, 0.4) is 0 Å². The number of hydrogen-bond acceptors (Lipinski definition) is 5. The fourth-order valence-corrected chi connectivity index (χ4v) is 3.15. The van der Waals surface area contributed by atoms with Gasteiger partial charge in [-0.2, -0.15) is 0 Å². The second-order valence-corrected chi connectivity index (χ2v) is 6.45. The molecule has 4 rings (SSSR count). The van der Waals surface area contributed by atoms with E-state index in [9.17, 15) is 8.78 Å². The molecule has 2 aromatic carbocycles. The molecule has 0 atom stereocenters. The van der Waals surface area contributed by atoms with Crippen LogP contribution in [0.1, 0.15) is 5.56 Å². The van der Waals surface area contributed by atoms with E-state index in [0.29, 0.717) is 23.5 Å². The average Bonchev–Trinajstić information content (AvgIpc) is 2.99. The summed E-state index contributed by atoms with van der Waals surface area (Å²) in [6.07, 6.45) is -2.08. The Hall–Kier alpha value is -3.06. The molecule has 28 heavy (non-hydrogen) atoms. The molecule has 0 bridgehead atoms. The molecule has 2 heterocycles. The molecule has 144 valence electrons. The van der Waals surface area contributed by atoms with Crippen LogP contribution in [0.15, 0.2) is 54.7 Å². The minimum atomic E-state index is -3.69. The minimum Gasteiger partial charge on any atom is -0.496 e. The lowest BCUT2D eigenvalue weighted by Crippen LogP contribution is -2.25. The Kier molecular flexibility index (Phi) is 4.68. The highest BCUT2D eigenvalue weighted by Gasteiger charge is 2.43. The summed E-state index contributed by atoms with van der Waals surface area (Å²) in [7, 11) is 1.62. The van der Waals surface area contributed by atoms with Crippen molar-refractivity contribution in [1.29, 1.82) is 0 Å². The zero-order valence-corrected chi connectivity index (χ0v) is 15.5. The summed E-state index contributed by atoms with van der Waals surface area (Å²) >= 11 is 6.21. The van der Waals surface area contributed by atoms with Gasteiger partial charge < -0.3 is 19.5 Å². The third kappa shape index (κ3) is 3.66. The number of para-hydroxylation sites is 1. The van der Waals surface area contributed by atoms with Crippen molar-refractivity contribution in [3.63, 3.8) is 0 Å². The standard InChI is InChI=1S/C20H15ClF2N2O3/c1-26-16-5-3-2-4-13(16)11-25-19-7-6-12(10-24-19)14-8-17-18(9-15(14)21)28-20(22,23)27-17/h2-10H,11H2,1H3,(H,24,25). The number of ether oxygens (including phenoxy) is 3. The van der Waals surface area contributed by atoms with Gasteiger partial charge in [0.15, 0.2) is 11.5 Å². The van der Waals surface area contributed by atoms with E-state index in [-0.39, 0.29) is 16.5 Å². The number of anilines is 1. The highest BCUT2D eigenvalue weighted by molar-refractivity contribution is 6.33. The van der Waals surface area contributed by atoms with Gasteiger partial charge in [0.25, 0.3) is 0 Å². The molecule has 0 amide bonds. The van der Waals surface area contributed by atoms with E-state index < -0.39 is 6.29 Å². The molecule has 1 aliphatic rings. The van der Waals surface area contributed by atoms with Gasteiger partial charge in [-0.25, -0.2) is 4.98 Å². The third-order valence-corrected chi connectivity index (χ3v) is 4.53. The maximum absolute atomic E-state index is 13.2. The summed E-state index contributed by atoms with van der Waals surface area (Å²) in [5.41, 5.74) is 2.18. The first-order chi connectivity index (χ1) is 13.4. The number of benzene rings is 2. The number of halogens is 3. The van der Waals surface area contributed by atoms with E-state index in [1.54, 1.807) is 25.4 Å². The van der Waals surface area contributed by atoms with Gasteiger partial charge in [-0.15, -0.1) is 8.78 Å². The lowest BCUT2D eigenvalue weighted by atomic mass is 10.1. The Balaban J connectivity index is 1.51. The van der Waals surface area contributed by atoms with Crippen molar-refractivity contribution in [2.75, 3.05) is 12.4 Å². The molecule has 8 heteroatoms. The van der Waals surface area contributed by atoms with Crippen molar-refractivity contribution in [1.82, 2.24) is 4.98 Å². The van der Waals surface area contributed by atoms with Gasteiger partial charge in [0, 0.05) is 35.5 Å². The Labute approximate surface area is 164 Å². The van der Waals surface area contributed by atoms with Gasteiger partial charge in [-0.1, -0.05) is 29.8 Å². The third-order valence-electron chi connectivity index (χ3n) is 4.22. The van der Waals surface area contributed by atoms with Crippen LogP contribution in [0.4, 0.5) is 14.6 Å². The summed E-state index contributed by atoms with van der Waals surface area (Å²) in [5.74, 6) is 1.28. The number of hydrogen-bond donors (Lipinski definition) is 1. The fourth-order valence-electron chi connectivity index (χ4n) is 2.89. The predicted molar refractivity (Wildman–Crippen MR) is 101 cm³/mol. The smallest absolute Gasteiger partial charge is 0.496 e. The first-order valence-electron chi connectivity index (χ1n) is 8.37. The molecule has 0 fully saturated rings. The highest BCUT2D eigenvalue weighted by Crippen LogP contribution is 2.46. The van der Waals surface area contributed by atoms with E-state index in [1.807, 2.05) is 24.3 Å². The topological polar surface area (TPSA) is 52.6 Å². The van der Waals surface area contributed by atoms with Crippen molar-refractivity contribution in [3.05, 3.63) is 65.3 Å². The number of pyridine rings is 1. The van der Waals surface area contributed by atoms with Gasteiger partial charge in [0.1, 0.15) is 11.6 Å². The Morgan fingerprint density at radius 3 is 2.57 bits per heavy atom. The van der Waals surface area contributed by atoms with Gasteiger partial charge in [0.2, 0.25) is 0 Å². The lowest BCUT2D eigenvalue weighted by molar-refractivity contribution is -0.286. The molecule has 0 aliphatic carbocycles. The second-order valence-electron chi connectivity index (χ2n) is 6.04. The molecule has 0 spiro atoms. The van der Waals surface area contributed by atoms with E-state index in [0.717, 1.165) is 11.3 Å². The number of methoxy groups -OCH3 is 1. The van der Waals surface area contributed by atoms with Crippen LogP contribution >= 0.6 is 11.6 Å². The predicted octanol–water partition coefficient (Wildman–Crippen LogP) is 5.34. The van der Waals surface area contributed by atoms with Crippen LogP contribution in [0, 0.1) is 0 Å². The summed E-state index contributed by atoms with van der Waals surface area (Å²) in [6, 6.07) is 14.0. The number of aromatic nitrogens is 1. The first-order valence-corrected chi connectivity index (χ1v) is 8.74. The Morgan fingerprint density at radius 1 is 1.11 bits per heavy atom. The second kappa shape index (κ2) is 7.16. The summed E-state index contributed by atoms with van der Waals surface area (Å²) in [6.45, 7) is 0.538. The molecular formula is C20H15ClF2N2O3. The molecule has 3 aromatic rings. The SMILES string of the molecule is COc1ccccc1CNc1ccc(-c2cc3c(cc2Cl)OC(F)(F)O3)cn1. The molecule has 1 N–H and O–H groups in total. The molecule has 0 saturated heterocycles. The van der Waals surface area contributed by atoms with Crippen molar-refractivity contribution >= 4 is 17.4 Å². The number of alkyl halides is 2. The van der Waals surface area contributed by atoms with E-state index in [4.69, 9.17) is 16.3 Å². The Morgan fingerprint density at radius 2 is 1.86 bits per heavy atom. The van der Waals surface area contributed by atoms with Crippen molar-refractivity contribution < 1.29 is 23.0 Å². The zero-order chi connectivity index (χ0) is 19.7. The van der Waals surface area contributed by atoms with Crippen LogP contribution in [0.25, 0.3) is 11.1 Å². The Bertz CT molecular complexity index is 1010. The number of fused-ring (bicyclic) bond motifs is 1. The zero-order valence-electron chi connectivity index (χ0n) is 14.7.